The summed E-state index contributed by atoms with van der Waals surface area (Å²) in [4.78, 5) is 12.1. The third-order valence-electron chi connectivity index (χ3n) is 4.65. The van der Waals surface area contributed by atoms with Gasteiger partial charge in [0, 0.05) is 41.3 Å². The summed E-state index contributed by atoms with van der Waals surface area (Å²) in [5.41, 5.74) is 4.08. The SMILES string of the molecule is CN=C(NCCc1c[nH]c2ccc(Cl)cc12)NCc1coc(-c2ccccc2)n1. The van der Waals surface area contributed by atoms with Crippen LogP contribution < -0.4 is 10.6 Å². The van der Waals surface area contributed by atoms with Crippen molar-refractivity contribution in [2.24, 2.45) is 4.99 Å². The van der Waals surface area contributed by atoms with E-state index in [1.807, 2.05) is 54.7 Å². The topological polar surface area (TPSA) is 78.2 Å². The molecular weight excluding hydrogens is 386 g/mol. The molecule has 0 aliphatic rings. The maximum Gasteiger partial charge on any atom is 0.226 e. The first-order valence-corrected chi connectivity index (χ1v) is 9.80. The summed E-state index contributed by atoms with van der Waals surface area (Å²) in [5, 5.41) is 8.49. The number of benzene rings is 2. The molecule has 148 valence electrons. The van der Waals surface area contributed by atoms with Gasteiger partial charge in [-0.15, -0.1) is 0 Å². The highest BCUT2D eigenvalue weighted by atomic mass is 35.5. The first kappa shape index (κ1) is 19.1. The van der Waals surface area contributed by atoms with Gasteiger partial charge in [0.15, 0.2) is 5.96 Å². The van der Waals surface area contributed by atoms with E-state index in [0.717, 1.165) is 40.1 Å². The van der Waals surface area contributed by atoms with E-state index in [1.54, 1.807) is 13.3 Å². The molecule has 6 nitrogen and oxygen atoms in total. The highest BCUT2D eigenvalue weighted by molar-refractivity contribution is 6.31. The van der Waals surface area contributed by atoms with Crippen molar-refractivity contribution in [3.63, 3.8) is 0 Å². The van der Waals surface area contributed by atoms with Gasteiger partial charge in [-0.1, -0.05) is 29.8 Å². The Bertz CT molecular complexity index is 1120. The average molecular weight is 408 g/mol. The fourth-order valence-electron chi connectivity index (χ4n) is 3.17. The second kappa shape index (κ2) is 8.84. The summed E-state index contributed by atoms with van der Waals surface area (Å²) >= 11 is 6.12. The number of fused-ring (bicyclic) bond motifs is 1. The molecule has 0 saturated carbocycles. The van der Waals surface area contributed by atoms with Crippen molar-refractivity contribution in [2.75, 3.05) is 13.6 Å². The fraction of sp³-hybridized carbons (Fsp3) is 0.182. The van der Waals surface area contributed by atoms with Crippen molar-refractivity contribution in [2.45, 2.75) is 13.0 Å². The van der Waals surface area contributed by atoms with Gasteiger partial charge in [0.25, 0.3) is 0 Å². The van der Waals surface area contributed by atoms with E-state index in [1.165, 1.54) is 5.56 Å². The van der Waals surface area contributed by atoms with Crippen LogP contribution in [0.3, 0.4) is 0 Å². The number of H-pyrrole nitrogens is 1. The van der Waals surface area contributed by atoms with Gasteiger partial charge >= 0.3 is 0 Å². The molecule has 7 heteroatoms. The number of hydrogen-bond donors (Lipinski definition) is 3. The molecule has 0 radical (unpaired) electrons. The highest BCUT2D eigenvalue weighted by Gasteiger charge is 2.08. The summed E-state index contributed by atoms with van der Waals surface area (Å²) in [6.45, 7) is 1.27. The van der Waals surface area contributed by atoms with Crippen molar-refractivity contribution in [1.29, 1.82) is 0 Å². The maximum atomic E-state index is 6.12. The van der Waals surface area contributed by atoms with Gasteiger partial charge in [-0.2, -0.15) is 0 Å². The van der Waals surface area contributed by atoms with Crippen molar-refractivity contribution in [3.8, 4) is 11.5 Å². The van der Waals surface area contributed by atoms with Crippen LogP contribution in [0.2, 0.25) is 5.02 Å². The molecule has 2 aromatic heterocycles. The maximum absolute atomic E-state index is 6.12. The summed E-state index contributed by atoms with van der Waals surface area (Å²) in [6.07, 6.45) is 4.54. The number of rotatable bonds is 6. The number of halogens is 1. The van der Waals surface area contributed by atoms with Gasteiger partial charge in [-0.05, 0) is 42.3 Å². The lowest BCUT2D eigenvalue weighted by atomic mass is 10.1. The number of oxazole rings is 1. The third-order valence-corrected chi connectivity index (χ3v) is 4.88. The second-order valence-corrected chi connectivity index (χ2v) is 7.05. The van der Waals surface area contributed by atoms with Crippen LogP contribution in [0.5, 0.6) is 0 Å². The van der Waals surface area contributed by atoms with Gasteiger partial charge in [-0.3, -0.25) is 4.99 Å². The highest BCUT2D eigenvalue weighted by Crippen LogP contribution is 2.22. The Labute approximate surface area is 174 Å². The molecule has 29 heavy (non-hydrogen) atoms. The van der Waals surface area contributed by atoms with Crippen LogP contribution >= 0.6 is 11.6 Å². The number of nitrogens with one attached hydrogen (secondary N) is 3. The zero-order chi connectivity index (χ0) is 20.1. The smallest absolute Gasteiger partial charge is 0.226 e. The van der Waals surface area contributed by atoms with Crippen LogP contribution in [0.4, 0.5) is 0 Å². The van der Waals surface area contributed by atoms with Crippen LogP contribution in [0.15, 0.2) is 70.4 Å². The molecule has 0 aliphatic carbocycles. The molecule has 0 fully saturated rings. The minimum Gasteiger partial charge on any atom is -0.444 e. The molecule has 4 rings (SSSR count). The monoisotopic (exact) mass is 407 g/mol. The number of aromatic amines is 1. The lowest BCUT2D eigenvalue weighted by Crippen LogP contribution is -2.37. The average Bonchev–Trinajstić information content (AvgIpc) is 3.38. The zero-order valence-corrected chi connectivity index (χ0v) is 16.8. The van der Waals surface area contributed by atoms with Crippen molar-refractivity contribution >= 4 is 28.5 Å². The minimum atomic E-state index is 0.526. The van der Waals surface area contributed by atoms with Crippen LogP contribution in [0.25, 0.3) is 22.4 Å². The Morgan fingerprint density at radius 2 is 2.03 bits per heavy atom. The van der Waals surface area contributed by atoms with E-state index < -0.39 is 0 Å². The van der Waals surface area contributed by atoms with Gasteiger partial charge in [0.05, 0.1) is 12.2 Å². The molecule has 0 amide bonds. The van der Waals surface area contributed by atoms with E-state index in [-0.39, 0.29) is 0 Å². The standard InChI is InChI=1S/C22H22ClN5O/c1-24-22(25-10-9-16-12-26-20-8-7-17(23)11-19(16)20)27-13-18-14-29-21(28-18)15-5-3-2-4-6-15/h2-8,11-12,14,26H,9-10,13H2,1H3,(H2,24,25,27). The molecule has 2 aromatic carbocycles. The minimum absolute atomic E-state index is 0.526. The normalized spacial score (nSPS) is 11.7. The summed E-state index contributed by atoms with van der Waals surface area (Å²) in [6, 6.07) is 15.7. The molecule has 0 spiro atoms. The van der Waals surface area contributed by atoms with Crippen molar-refractivity contribution in [3.05, 3.63) is 77.3 Å². The third kappa shape index (κ3) is 4.60. The summed E-state index contributed by atoms with van der Waals surface area (Å²) in [5.74, 6) is 1.33. The summed E-state index contributed by atoms with van der Waals surface area (Å²) < 4.78 is 5.57. The van der Waals surface area contributed by atoms with Crippen LogP contribution in [0.1, 0.15) is 11.3 Å². The van der Waals surface area contributed by atoms with E-state index in [0.29, 0.717) is 18.4 Å². The lowest BCUT2D eigenvalue weighted by Gasteiger charge is -2.10. The Hall–Kier alpha value is -3.25. The van der Waals surface area contributed by atoms with Crippen LogP contribution in [-0.2, 0) is 13.0 Å². The molecule has 0 saturated heterocycles. The van der Waals surface area contributed by atoms with Crippen LogP contribution in [0, 0.1) is 0 Å². The van der Waals surface area contributed by atoms with Crippen LogP contribution in [-0.4, -0.2) is 29.5 Å². The first-order chi connectivity index (χ1) is 14.2. The molecular formula is C22H22ClN5O. The number of aromatic nitrogens is 2. The molecule has 0 aliphatic heterocycles. The first-order valence-electron chi connectivity index (χ1n) is 9.43. The van der Waals surface area contributed by atoms with Gasteiger partial charge in [0.1, 0.15) is 6.26 Å². The van der Waals surface area contributed by atoms with Gasteiger partial charge in [0.2, 0.25) is 5.89 Å². The fourth-order valence-corrected chi connectivity index (χ4v) is 3.34. The van der Waals surface area contributed by atoms with E-state index in [2.05, 4.69) is 25.6 Å². The second-order valence-electron chi connectivity index (χ2n) is 6.62. The zero-order valence-electron chi connectivity index (χ0n) is 16.1. The molecule has 2 heterocycles. The number of guanidine groups is 1. The van der Waals surface area contributed by atoms with Gasteiger partial charge in [-0.25, -0.2) is 4.98 Å². The number of hydrogen-bond acceptors (Lipinski definition) is 3. The quantitative estimate of drug-likeness (QED) is 0.327. The Morgan fingerprint density at radius 3 is 2.86 bits per heavy atom. The predicted octanol–water partition coefficient (Wildman–Crippen LogP) is 4.38. The summed E-state index contributed by atoms with van der Waals surface area (Å²) in [7, 11) is 1.75. The number of nitrogens with zero attached hydrogens (tertiary/aromatic N) is 2. The predicted molar refractivity (Wildman–Crippen MR) is 117 cm³/mol. The largest absolute Gasteiger partial charge is 0.444 e. The van der Waals surface area contributed by atoms with Gasteiger partial charge < -0.3 is 20.0 Å². The van der Waals surface area contributed by atoms with E-state index in [9.17, 15) is 0 Å². The molecule has 0 atom stereocenters. The van der Waals surface area contributed by atoms with E-state index >= 15 is 0 Å². The van der Waals surface area contributed by atoms with E-state index in [4.69, 9.17) is 16.0 Å². The lowest BCUT2D eigenvalue weighted by molar-refractivity contribution is 0.572. The number of aliphatic imine (C=N–C) groups is 1. The molecule has 0 bridgehead atoms. The van der Waals surface area contributed by atoms with Crippen molar-refractivity contribution < 1.29 is 4.42 Å². The molecule has 3 N–H and O–H groups in total. The molecule has 4 aromatic rings. The Morgan fingerprint density at radius 1 is 1.17 bits per heavy atom. The molecule has 0 unspecified atom stereocenters. The Balaban J connectivity index is 1.30. The Kier molecular flexibility index (Phi) is 5.81. The van der Waals surface area contributed by atoms with Crippen molar-refractivity contribution in [1.82, 2.24) is 20.6 Å².